The molecule has 0 amide bonds. The van der Waals surface area contributed by atoms with Crippen LogP contribution in [0.2, 0.25) is 5.02 Å². The van der Waals surface area contributed by atoms with Gasteiger partial charge in [-0.3, -0.25) is 4.79 Å². The monoisotopic (exact) mass is 338 g/mol. The van der Waals surface area contributed by atoms with Gasteiger partial charge in [-0.1, -0.05) is 29.8 Å². The SMILES string of the molecule is CCOC(=O)C1(C(O)OCC)CC=C(c2ccc(Cl)cc2)CC1. The molecule has 0 spiro atoms. The Balaban J connectivity index is 2.23. The number of hydrogen-bond donors (Lipinski definition) is 1. The van der Waals surface area contributed by atoms with Crippen LogP contribution >= 0.6 is 11.6 Å². The summed E-state index contributed by atoms with van der Waals surface area (Å²) in [5.74, 6) is -0.396. The molecule has 1 N–H and O–H groups in total. The van der Waals surface area contributed by atoms with Gasteiger partial charge in [0, 0.05) is 11.6 Å². The van der Waals surface area contributed by atoms with Crippen molar-refractivity contribution in [1.82, 2.24) is 0 Å². The van der Waals surface area contributed by atoms with Crippen molar-refractivity contribution in [3.63, 3.8) is 0 Å². The van der Waals surface area contributed by atoms with Gasteiger partial charge in [-0.15, -0.1) is 0 Å². The fraction of sp³-hybridized carbons (Fsp3) is 0.500. The molecule has 2 unspecified atom stereocenters. The summed E-state index contributed by atoms with van der Waals surface area (Å²) in [6, 6.07) is 7.62. The summed E-state index contributed by atoms with van der Waals surface area (Å²) in [5, 5.41) is 11.0. The molecule has 0 radical (unpaired) electrons. The molecule has 2 atom stereocenters. The van der Waals surface area contributed by atoms with E-state index in [-0.39, 0.29) is 6.61 Å². The first-order chi connectivity index (χ1) is 11.0. The number of rotatable bonds is 6. The van der Waals surface area contributed by atoms with Crippen LogP contribution in [0.15, 0.2) is 30.3 Å². The lowest BCUT2D eigenvalue weighted by atomic mass is 9.73. The third-order valence-corrected chi connectivity index (χ3v) is 4.50. The molecule has 1 aromatic carbocycles. The average Bonchev–Trinajstić information content (AvgIpc) is 2.56. The number of aliphatic hydroxyl groups is 1. The molecule has 5 heteroatoms. The quantitative estimate of drug-likeness (QED) is 0.633. The molecule has 4 nitrogen and oxygen atoms in total. The summed E-state index contributed by atoms with van der Waals surface area (Å²) in [4.78, 5) is 12.4. The molecule has 0 fully saturated rings. The second-order valence-corrected chi connectivity index (χ2v) is 6.06. The fourth-order valence-electron chi connectivity index (χ4n) is 2.90. The molecule has 1 aromatic rings. The number of aliphatic hydroxyl groups excluding tert-OH is 1. The minimum atomic E-state index is -1.16. The summed E-state index contributed by atoms with van der Waals surface area (Å²) in [6.45, 7) is 4.18. The number of hydrogen-bond acceptors (Lipinski definition) is 4. The fourth-order valence-corrected chi connectivity index (χ4v) is 3.02. The molecule has 23 heavy (non-hydrogen) atoms. The molecular formula is C18H23ClO4. The molecule has 1 aliphatic rings. The topological polar surface area (TPSA) is 55.8 Å². The van der Waals surface area contributed by atoms with Gasteiger partial charge in [-0.05, 0) is 56.4 Å². The summed E-state index contributed by atoms with van der Waals surface area (Å²) in [5.41, 5.74) is 1.20. The minimum Gasteiger partial charge on any atom is -0.465 e. The third kappa shape index (κ3) is 3.94. The number of allylic oxidation sites excluding steroid dienone is 2. The predicted octanol–water partition coefficient (Wildman–Crippen LogP) is 3.81. The van der Waals surface area contributed by atoms with Gasteiger partial charge in [0.15, 0.2) is 6.29 Å². The molecule has 0 bridgehead atoms. The van der Waals surface area contributed by atoms with E-state index in [0.29, 0.717) is 30.9 Å². The number of benzene rings is 1. The van der Waals surface area contributed by atoms with Crippen molar-refractivity contribution in [3.05, 3.63) is 40.9 Å². The van der Waals surface area contributed by atoms with Gasteiger partial charge in [-0.2, -0.15) is 0 Å². The second kappa shape index (κ2) is 7.95. The molecule has 0 aromatic heterocycles. The summed E-state index contributed by atoms with van der Waals surface area (Å²) >= 11 is 5.92. The Morgan fingerprint density at radius 3 is 2.52 bits per heavy atom. The lowest BCUT2D eigenvalue weighted by molar-refractivity contribution is -0.202. The molecule has 2 rings (SSSR count). The Hall–Kier alpha value is -1.36. The zero-order chi connectivity index (χ0) is 16.9. The Morgan fingerprint density at radius 1 is 1.30 bits per heavy atom. The predicted molar refractivity (Wildman–Crippen MR) is 90.0 cm³/mol. The van der Waals surface area contributed by atoms with E-state index >= 15 is 0 Å². The van der Waals surface area contributed by atoms with E-state index in [1.54, 1.807) is 13.8 Å². The highest BCUT2D eigenvalue weighted by Crippen LogP contribution is 2.43. The normalized spacial score (nSPS) is 22.3. The van der Waals surface area contributed by atoms with E-state index in [9.17, 15) is 9.90 Å². The summed E-state index contributed by atoms with van der Waals surface area (Å²) < 4.78 is 10.5. The molecule has 0 heterocycles. The van der Waals surface area contributed by atoms with Gasteiger partial charge < -0.3 is 14.6 Å². The van der Waals surface area contributed by atoms with Crippen LogP contribution in [-0.2, 0) is 14.3 Å². The molecule has 126 valence electrons. The number of carbonyl (C=O) groups is 1. The molecule has 0 saturated heterocycles. The zero-order valence-corrected chi connectivity index (χ0v) is 14.3. The van der Waals surface area contributed by atoms with Gasteiger partial charge in [0.25, 0.3) is 0 Å². The highest BCUT2D eigenvalue weighted by Gasteiger charge is 2.48. The third-order valence-electron chi connectivity index (χ3n) is 4.25. The average molecular weight is 339 g/mol. The largest absolute Gasteiger partial charge is 0.465 e. The maximum absolute atomic E-state index is 12.4. The van der Waals surface area contributed by atoms with Crippen molar-refractivity contribution in [2.75, 3.05) is 13.2 Å². The van der Waals surface area contributed by atoms with Crippen LogP contribution in [0.5, 0.6) is 0 Å². The van der Waals surface area contributed by atoms with E-state index in [1.165, 1.54) is 0 Å². The Bertz CT molecular complexity index is 567. The van der Waals surface area contributed by atoms with Crippen molar-refractivity contribution in [2.45, 2.75) is 39.4 Å². The van der Waals surface area contributed by atoms with Crippen LogP contribution in [0.3, 0.4) is 0 Å². The first kappa shape index (κ1) is 18.0. The molecular weight excluding hydrogens is 316 g/mol. The van der Waals surface area contributed by atoms with Crippen molar-refractivity contribution in [1.29, 1.82) is 0 Å². The number of esters is 1. The standard InChI is InChI=1S/C18H23ClO4/c1-3-22-16(20)18(17(21)23-4-2)11-9-14(10-12-18)13-5-7-15(19)8-6-13/h5-9,16,20H,3-4,10-12H2,1-2H3. The van der Waals surface area contributed by atoms with Crippen LogP contribution in [-0.4, -0.2) is 30.6 Å². The molecule has 0 aliphatic heterocycles. The maximum Gasteiger partial charge on any atom is 0.317 e. The second-order valence-electron chi connectivity index (χ2n) is 5.62. The minimum absolute atomic E-state index is 0.285. The summed E-state index contributed by atoms with van der Waals surface area (Å²) in [6.07, 6.45) is 2.39. The Labute approximate surface area is 142 Å². The van der Waals surface area contributed by atoms with Crippen LogP contribution in [0.25, 0.3) is 5.57 Å². The Kier molecular flexibility index (Phi) is 6.22. The lowest BCUT2D eigenvalue weighted by Crippen LogP contribution is -2.46. The van der Waals surface area contributed by atoms with Crippen molar-refractivity contribution in [3.8, 4) is 0 Å². The maximum atomic E-state index is 12.4. The number of halogens is 1. The van der Waals surface area contributed by atoms with Crippen LogP contribution in [0.4, 0.5) is 0 Å². The van der Waals surface area contributed by atoms with Crippen LogP contribution < -0.4 is 0 Å². The van der Waals surface area contributed by atoms with Crippen molar-refractivity contribution in [2.24, 2.45) is 5.41 Å². The van der Waals surface area contributed by atoms with E-state index in [0.717, 1.165) is 11.1 Å². The van der Waals surface area contributed by atoms with Crippen molar-refractivity contribution < 1.29 is 19.4 Å². The van der Waals surface area contributed by atoms with Crippen LogP contribution in [0, 0.1) is 5.41 Å². The number of ether oxygens (including phenoxy) is 2. The highest BCUT2D eigenvalue weighted by atomic mass is 35.5. The van der Waals surface area contributed by atoms with Crippen molar-refractivity contribution >= 4 is 23.1 Å². The summed E-state index contributed by atoms with van der Waals surface area (Å²) in [7, 11) is 0. The Morgan fingerprint density at radius 2 is 2.00 bits per heavy atom. The van der Waals surface area contributed by atoms with E-state index in [1.807, 2.05) is 30.3 Å². The van der Waals surface area contributed by atoms with E-state index < -0.39 is 17.7 Å². The molecule has 1 aliphatic carbocycles. The first-order valence-electron chi connectivity index (χ1n) is 7.95. The van der Waals surface area contributed by atoms with Crippen LogP contribution in [0.1, 0.15) is 38.7 Å². The molecule has 0 saturated carbocycles. The van der Waals surface area contributed by atoms with Gasteiger partial charge in [0.1, 0.15) is 5.41 Å². The van der Waals surface area contributed by atoms with E-state index in [2.05, 4.69) is 0 Å². The van der Waals surface area contributed by atoms with Gasteiger partial charge in [-0.25, -0.2) is 0 Å². The smallest absolute Gasteiger partial charge is 0.317 e. The zero-order valence-electron chi connectivity index (χ0n) is 13.5. The van der Waals surface area contributed by atoms with Gasteiger partial charge >= 0.3 is 5.97 Å². The lowest BCUT2D eigenvalue weighted by Gasteiger charge is -2.37. The number of carbonyl (C=O) groups excluding carboxylic acids is 1. The van der Waals surface area contributed by atoms with Gasteiger partial charge in [0.05, 0.1) is 6.61 Å². The highest BCUT2D eigenvalue weighted by molar-refractivity contribution is 6.30. The first-order valence-corrected chi connectivity index (χ1v) is 8.33. The van der Waals surface area contributed by atoms with E-state index in [4.69, 9.17) is 21.1 Å². The van der Waals surface area contributed by atoms with Gasteiger partial charge in [0.2, 0.25) is 0 Å².